The Morgan fingerprint density at radius 3 is 2.25 bits per heavy atom. The molecule has 2 aromatic rings. The van der Waals surface area contributed by atoms with Crippen LogP contribution < -0.4 is 5.32 Å². The van der Waals surface area contributed by atoms with Crippen molar-refractivity contribution in [3.63, 3.8) is 0 Å². The maximum Gasteiger partial charge on any atom is 0.237 e. The van der Waals surface area contributed by atoms with Gasteiger partial charge in [0.1, 0.15) is 12.1 Å². The summed E-state index contributed by atoms with van der Waals surface area (Å²) in [7, 11) is 0. The number of benzene rings is 1. The number of aryl methyl sites for hydroxylation is 1. The number of amides is 1. The molecule has 1 aromatic heterocycles. The molecule has 28 heavy (non-hydrogen) atoms. The molecule has 2 aliphatic carbocycles. The second kappa shape index (κ2) is 5.62. The highest BCUT2D eigenvalue weighted by Crippen LogP contribution is 2.70. The second-order valence-corrected chi connectivity index (χ2v) is 8.47. The predicted octanol–water partition coefficient (Wildman–Crippen LogP) is 3.50. The van der Waals surface area contributed by atoms with E-state index in [1.807, 2.05) is 43.3 Å². The van der Waals surface area contributed by atoms with E-state index in [0.29, 0.717) is 17.8 Å². The first kappa shape index (κ1) is 18.1. The lowest BCUT2D eigenvalue weighted by Crippen LogP contribution is -2.48. The minimum Gasteiger partial charge on any atom is -0.325 e. The Labute approximate surface area is 164 Å². The maximum atomic E-state index is 13.7. The van der Waals surface area contributed by atoms with E-state index in [9.17, 15) is 15.3 Å². The van der Waals surface area contributed by atoms with Gasteiger partial charge in [-0.1, -0.05) is 39.0 Å². The Bertz CT molecular complexity index is 1110. The molecule has 0 radical (unpaired) electrons. The molecule has 140 valence electrons. The van der Waals surface area contributed by atoms with E-state index in [1.54, 1.807) is 0 Å². The number of carbonyl (C=O) groups excluding carboxylic acids is 1. The van der Waals surface area contributed by atoms with Crippen LogP contribution in [0.1, 0.15) is 62.0 Å². The summed E-state index contributed by atoms with van der Waals surface area (Å²) < 4.78 is 0. The summed E-state index contributed by atoms with van der Waals surface area (Å²) in [6, 6.07) is 11.6. The molecule has 1 aromatic carbocycles. The van der Waals surface area contributed by atoms with Gasteiger partial charge in [-0.2, -0.15) is 10.5 Å². The first-order valence-corrected chi connectivity index (χ1v) is 9.33. The zero-order chi connectivity index (χ0) is 20.3. The molecule has 1 heterocycles. The number of hydrogen-bond acceptors (Lipinski definition) is 5. The Hall–Kier alpha value is -3.25. The van der Waals surface area contributed by atoms with Crippen LogP contribution in [0.5, 0.6) is 0 Å². The monoisotopic (exact) mass is 371 g/mol. The van der Waals surface area contributed by atoms with Crippen molar-refractivity contribution in [2.24, 2.45) is 5.41 Å². The summed E-state index contributed by atoms with van der Waals surface area (Å²) in [5.74, 6) is -0.128. The van der Waals surface area contributed by atoms with Crippen LogP contribution in [0.4, 0.5) is 5.69 Å². The zero-order valence-corrected chi connectivity index (χ0v) is 16.4. The third-order valence-electron chi connectivity index (χ3n) is 7.26. The number of hydrogen-bond donors (Lipinski definition) is 1. The normalized spacial score (nSPS) is 26.2. The first-order chi connectivity index (χ1) is 13.2. The molecule has 4 rings (SSSR count). The number of para-hydroxylation sites is 1. The van der Waals surface area contributed by atoms with Crippen molar-refractivity contribution in [3.05, 3.63) is 52.6 Å². The number of rotatable bonds is 2. The van der Waals surface area contributed by atoms with Gasteiger partial charge in [0, 0.05) is 11.1 Å². The van der Waals surface area contributed by atoms with Crippen molar-refractivity contribution < 1.29 is 4.79 Å². The van der Waals surface area contributed by atoms with Crippen LogP contribution in [0.3, 0.4) is 0 Å². The first-order valence-electron chi connectivity index (χ1n) is 9.33. The predicted molar refractivity (Wildman–Crippen MR) is 103 cm³/mol. The number of nitrogens with one attached hydrogen (secondary N) is 1. The highest BCUT2D eigenvalue weighted by molar-refractivity contribution is 6.02. The summed E-state index contributed by atoms with van der Waals surface area (Å²) in [4.78, 5) is 22.7. The van der Waals surface area contributed by atoms with Crippen LogP contribution in [0, 0.1) is 35.0 Å². The average Bonchev–Trinajstić information content (AvgIpc) is 2.98. The molecule has 2 atom stereocenters. The third kappa shape index (κ3) is 1.93. The lowest BCUT2D eigenvalue weighted by Gasteiger charge is -2.39. The van der Waals surface area contributed by atoms with Gasteiger partial charge < -0.3 is 5.32 Å². The van der Waals surface area contributed by atoms with Crippen LogP contribution >= 0.6 is 0 Å². The Morgan fingerprint density at radius 1 is 1.04 bits per heavy atom. The smallest absolute Gasteiger partial charge is 0.237 e. The van der Waals surface area contributed by atoms with Crippen molar-refractivity contribution in [2.75, 3.05) is 5.32 Å². The van der Waals surface area contributed by atoms with Crippen molar-refractivity contribution in [2.45, 2.75) is 51.4 Å². The van der Waals surface area contributed by atoms with Crippen LogP contribution in [0.15, 0.2) is 24.3 Å². The van der Waals surface area contributed by atoms with Gasteiger partial charge in [0.05, 0.1) is 16.8 Å². The molecular weight excluding hydrogens is 350 g/mol. The van der Waals surface area contributed by atoms with Gasteiger partial charge in [-0.3, -0.25) is 4.79 Å². The van der Waals surface area contributed by atoms with E-state index in [0.717, 1.165) is 17.7 Å². The van der Waals surface area contributed by atoms with Crippen molar-refractivity contribution >= 4 is 11.6 Å². The quantitative estimate of drug-likeness (QED) is 0.870. The Kier molecular flexibility index (Phi) is 3.64. The van der Waals surface area contributed by atoms with Gasteiger partial charge in [0.2, 0.25) is 5.91 Å². The molecule has 6 heteroatoms. The minimum absolute atomic E-state index is 0.0173. The van der Waals surface area contributed by atoms with Gasteiger partial charge >= 0.3 is 0 Å². The van der Waals surface area contributed by atoms with Gasteiger partial charge in [-0.15, -0.1) is 0 Å². The Balaban J connectivity index is 1.93. The van der Waals surface area contributed by atoms with E-state index in [-0.39, 0.29) is 17.3 Å². The van der Waals surface area contributed by atoms with E-state index >= 15 is 0 Å². The third-order valence-corrected chi connectivity index (χ3v) is 7.26. The van der Waals surface area contributed by atoms with Gasteiger partial charge in [-0.25, -0.2) is 9.97 Å². The molecule has 1 fully saturated rings. The lowest BCUT2D eigenvalue weighted by atomic mass is 9.63. The highest BCUT2D eigenvalue weighted by Gasteiger charge is 2.73. The Morgan fingerprint density at radius 2 is 1.64 bits per heavy atom. The van der Waals surface area contributed by atoms with E-state index in [2.05, 4.69) is 36.1 Å². The number of aromatic nitrogens is 2. The number of anilines is 1. The van der Waals surface area contributed by atoms with E-state index < -0.39 is 16.2 Å². The summed E-state index contributed by atoms with van der Waals surface area (Å²) in [6.07, 6.45) is 1.41. The fraction of sp³-hybridized carbons (Fsp3) is 0.409. The summed E-state index contributed by atoms with van der Waals surface area (Å²) in [5.41, 5.74) is 1.23. The number of nitriles is 2. The van der Waals surface area contributed by atoms with Gasteiger partial charge in [0.15, 0.2) is 11.4 Å². The fourth-order valence-electron chi connectivity index (χ4n) is 5.08. The van der Waals surface area contributed by atoms with Gasteiger partial charge in [0.25, 0.3) is 0 Å². The van der Waals surface area contributed by atoms with E-state index in [4.69, 9.17) is 0 Å². The summed E-state index contributed by atoms with van der Waals surface area (Å²) >= 11 is 0. The molecule has 2 bridgehead atoms. The lowest BCUT2D eigenvalue weighted by molar-refractivity contribution is -0.125. The maximum absolute atomic E-state index is 13.7. The highest BCUT2D eigenvalue weighted by atomic mass is 16.2. The van der Waals surface area contributed by atoms with Gasteiger partial charge in [-0.05, 0) is 36.8 Å². The molecule has 0 aliphatic heterocycles. The molecule has 1 saturated carbocycles. The van der Waals surface area contributed by atoms with Crippen LogP contribution in [0.2, 0.25) is 0 Å². The largest absolute Gasteiger partial charge is 0.325 e. The topological polar surface area (TPSA) is 102 Å². The minimum atomic E-state index is -0.897. The molecule has 2 aliphatic rings. The van der Waals surface area contributed by atoms with Crippen LogP contribution in [0.25, 0.3) is 0 Å². The number of nitrogens with zero attached hydrogens (tertiary/aromatic N) is 4. The molecule has 2 unspecified atom stereocenters. The molecule has 0 saturated heterocycles. The zero-order valence-electron chi connectivity index (χ0n) is 16.4. The van der Waals surface area contributed by atoms with Crippen LogP contribution in [-0.2, 0) is 15.6 Å². The summed E-state index contributed by atoms with van der Waals surface area (Å²) in [6.45, 7) is 8.17. The fourth-order valence-corrected chi connectivity index (χ4v) is 5.08. The molecule has 0 spiro atoms. The average molecular weight is 371 g/mol. The van der Waals surface area contributed by atoms with Crippen molar-refractivity contribution in [1.82, 2.24) is 9.97 Å². The van der Waals surface area contributed by atoms with Crippen molar-refractivity contribution in [3.8, 4) is 12.1 Å². The summed E-state index contributed by atoms with van der Waals surface area (Å²) in [5, 5.41) is 21.9. The van der Waals surface area contributed by atoms with E-state index in [1.165, 1.54) is 0 Å². The molecule has 6 nitrogen and oxygen atoms in total. The molecular formula is C22H21N5O. The standard InChI is InChI=1S/C22H21N5O/c1-13-7-5-6-8-14(13)27-19(28)22-10-9-21(4,20(22,2)3)17-18(22)26-16(12-24)15(11-23)25-17/h5-8H,9-10H2,1-4H3,(H,27,28). The SMILES string of the molecule is Cc1ccccc1NC(=O)C12CCC(C)(c3nc(C#N)c(C#N)nc31)C2(C)C. The van der Waals surface area contributed by atoms with Crippen LogP contribution in [-0.4, -0.2) is 15.9 Å². The second-order valence-electron chi connectivity index (χ2n) is 8.47. The number of carbonyl (C=O) groups is 1. The number of fused-ring (bicyclic) bond motifs is 5. The molecule has 1 N–H and O–H groups in total. The molecule has 1 amide bonds. The van der Waals surface area contributed by atoms with Crippen molar-refractivity contribution in [1.29, 1.82) is 10.5 Å².